The molecule has 0 unspecified atom stereocenters. The Balaban J connectivity index is 1.47. The standard InChI is InChI=1S/C24H23N3O4/c1-16-11-21(29-2)22(30-3)13-20(16)26-24(28)17-7-6-8-19(12-17)31-15-18-14-27-10-5-4-9-23(27)25-18/h4-14H,15H2,1-3H3,(H,26,28). The topological polar surface area (TPSA) is 74.1 Å². The molecule has 158 valence electrons. The summed E-state index contributed by atoms with van der Waals surface area (Å²) >= 11 is 0. The predicted molar refractivity (Wildman–Crippen MR) is 118 cm³/mol. The Morgan fingerprint density at radius 2 is 1.84 bits per heavy atom. The number of ether oxygens (including phenoxy) is 3. The van der Waals surface area contributed by atoms with Crippen LogP contribution in [0.1, 0.15) is 21.6 Å². The number of aromatic nitrogens is 2. The molecule has 0 atom stereocenters. The Morgan fingerprint density at radius 3 is 2.61 bits per heavy atom. The number of fused-ring (bicyclic) bond motifs is 1. The summed E-state index contributed by atoms with van der Waals surface area (Å²) in [6.45, 7) is 2.20. The van der Waals surface area contributed by atoms with Gasteiger partial charge >= 0.3 is 0 Å². The third kappa shape index (κ3) is 4.45. The van der Waals surface area contributed by atoms with Crippen molar-refractivity contribution < 1.29 is 19.0 Å². The summed E-state index contributed by atoms with van der Waals surface area (Å²) < 4.78 is 18.4. The minimum Gasteiger partial charge on any atom is -0.493 e. The van der Waals surface area contributed by atoms with Gasteiger partial charge in [0.05, 0.1) is 19.9 Å². The number of rotatable bonds is 7. The van der Waals surface area contributed by atoms with E-state index in [0.29, 0.717) is 35.1 Å². The molecule has 0 saturated heterocycles. The van der Waals surface area contributed by atoms with E-state index in [0.717, 1.165) is 16.9 Å². The molecule has 0 bridgehead atoms. The van der Waals surface area contributed by atoms with Crippen molar-refractivity contribution in [2.24, 2.45) is 0 Å². The third-order valence-electron chi connectivity index (χ3n) is 4.88. The van der Waals surface area contributed by atoms with Gasteiger partial charge in [0.1, 0.15) is 18.0 Å². The molecule has 2 aromatic carbocycles. The van der Waals surface area contributed by atoms with E-state index < -0.39 is 0 Å². The summed E-state index contributed by atoms with van der Waals surface area (Å²) in [5.41, 5.74) is 3.67. The fourth-order valence-electron chi connectivity index (χ4n) is 3.25. The molecule has 0 aliphatic rings. The maximum atomic E-state index is 12.8. The van der Waals surface area contributed by atoms with Crippen LogP contribution in [0.5, 0.6) is 17.2 Å². The van der Waals surface area contributed by atoms with Crippen LogP contribution in [0.4, 0.5) is 5.69 Å². The van der Waals surface area contributed by atoms with Crippen molar-refractivity contribution >= 4 is 17.2 Å². The summed E-state index contributed by atoms with van der Waals surface area (Å²) in [7, 11) is 3.13. The molecule has 0 aliphatic carbocycles. The molecule has 2 aromatic heterocycles. The van der Waals surface area contributed by atoms with Crippen LogP contribution in [0, 0.1) is 6.92 Å². The van der Waals surface area contributed by atoms with Crippen molar-refractivity contribution in [3.8, 4) is 17.2 Å². The maximum Gasteiger partial charge on any atom is 0.255 e. The number of methoxy groups -OCH3 is 2. The van der Waals surface area contributed by atoms with Crippen LogP contribution in [0.3, 0.4) is 0 Å². The first-order valence-electron chi connectivity index (χ1n) is 9.77. The van der Waals surface area contributed by atoms with Gasteiger partial charge in [0.15, 0.2) is 11.5 Å². The normalized spacial score (nSPS) is 10.7. The Kier molecular flexibility index (Phi) is 5.75. The number of amides is 1. The van der Waals surface area contributed by atoms with E-state index in [2.05, 4.69) is 10.3 Å². The second-order valence-electron chi connectivity index (χ2n) is 6.99. The Labute approximate surface area is 180 Å². The van der Waals surface area contributed by atoms with E-state index in [1.807, 2.05) is 54.0 Å². The smallest absolute Gasteiger partial charge is 0.255 e. The van der Waals surface area contributed by atoms with Gasteiger partial charge in [-0.2, -0.15) is 0 Å². The Hall–Kier alpha value is -4.00. The Bertz CT molecular complexity index is 1200. The summed E-state index contributed by atoms with van der Waals surface area (Å²) in [5, 5.41) is 2.93. The van der Waals surface area contributed by atoms with Gasteiger partial charge in [0.25, 0.3) is 5.91 Å². The SMILES string of the molecule is COc1cc(C)c(NC(=O)c2cccc(OCc3cn4ccccc4n3)c2)cc1OC. The van der Waals surface area contributed by atoms with Gasteiger partial charge in [-0.15, -0.1) is 0 Å². The van der Waals surface area contributed by atoms with Crippen LogP contribution in [-0.4, -0.2) is 29.5 Å². The second kappa shape index (κ2) is 8.79. The highest BCUT2D eigenvalue weighted by Gasteiger charge is 2.13. The molecule has 4 rings (SSSR count). The molecule has 1 amide bonds. The van der Waals surface area contributed by atoms with Gasteiger partial charge in [-0.3, -0.25) is 4.79 Å². The van der Waals surface area contributed by atoms with Gasteiger partial charge in [-0.05, 0) is 48.9 Å². The number of hydrogen-bond acceptors (Lipinski definition) is 5. The number of aryl methyl sites for hydroxylation is 1. The van der Waals surface area contributed by atoms with Crippen molar-refractivity contribution in [3.05, 3.63) is 83.8 Å². The average Bonchev–Trinajstić information content (AvgIpc) is 3.22. The second-order valence-corrected chi connectivity index (χ2v) is 6.99. The number of pyridine rings is 1. The van der Waals surface area contributed by atoms with Crippen LogP contribution >= 0.6 is 0 Å². The van der Waals surface area contributed by atoms with E-state index in [1.165, 1.54) is 0 Å². The summed E-state index contributed by atoms with van der Waals surface area (Å²) in [6.07, 6.45) is 3.86. The van der Waals surface area contributed by atoms with Crippen molar-refractivity contribution in [2.45, 2.75) is 13.5 Å². The van der Waals surface area contributed by atoms with Crippen molar-refractivity contribution in [2.75, 3.05) is 19.5 Å². The van der Waals surface area contributed by atoms with Gasteiger partial charge in [0, 0.05) is 29.7 Å². The fourth-order valence-corrected chi connectivity index (χ4v) is 3.25. The highest BCUT2D eigenvalue weighted by molar-refractivity contribution is 6.05. The number of carbonyl (C=O) groups is 1. The van der Waals surface area contributed by atoms with Crippen molar-refractivity contribution in [1.82, 2.24) is 9.38 Å². The number of hydrogen-bond donors (Lipinski definition) is 1. The lowest BCUT2D eigenvalue weighted by molar-refractivity contribution is 0.102. The number of anilines is 1. The quantitative estimate of drug-likeness (QED) is 0.480. The van der Waals surface area contributed by atoms with Crippen LogP contribution < -0.4 is 19.5 Å². The van der Waals surface area contributed by atoms with Crippen LogP contribution in [0.25, 0.3) is 5.65 Å². The van der Waals surface area contributed by atoms with Crippen LogP contribution in [-0.2, 0) is 6.61 Å². The molecule has 7 heteroatoms. The highest BCUT2D eigenvalue weighted by atomic mass is 16.5. The zero-order valence-electron chi connectivity index (χ0n) is 17.6. The highest BCUT2D eigenvalue weighted by Crippen LogP contribution is 2.33. The zero-order chi connectivity index (χ0) is 21.8. The molecule has 0 aliphatic heterocycles. The zero-order valence-corrected chi connectivity index (χ0v) is 17.6. The number of imidazole rings is 1. The number of nitrogens with one attached hydrogen (secondary N) is 1. The average molecular weight is 417 g/mol. The molecular formula is C24H23N3O4. The third-order valence-corrected chi connectivity index (χ3v) is 4.88. The van der Waals surface area contributed by atoms with E-state index >= 15 is 0 Å². The lowest BCUT2D eigenvalue weighted by atomic mass is 10.1. The number of nitrogens with zero attached hydrogens (tertiary/aromatic N) is 2. The molecule has 4 aromatic rings. The van der Waals surface area contributed by atoms with Crippen molar-refractivity contribution in [3.63, 3.8) is 0 Å². The molecular weight excluding hydrogens is 394 g/mol. The largest absolute Gasteiger partial charge is 0.493 e. The van der Waals surface area contributed by atoms with Gasteiger partial charge < -0.3 is 23.9 Å². The maximum absolute atomic E-state index is 12.8. The lowest BCUT2D eigenvalue weighted by Crippen LogP contribution is -2.13. The predicted octanol–water partition coefficient (Wildman–Crippen LogP) is 4.49. The molecule has 0 radical (unpaired) electrons. The van der Waals surface area contributed by atoms with Crippen molar-refractivity contribution in [1.29, 1.82) is 0 Å². The molecule has 7 nitrogen and oxygen atoms in total. The lowest BCUT2D eigenvalue weighted by Gasteiger charge is -2.14. The minimum absolute atomic E-state index is 0.242. The van der Waals surface area contributed by atoms with Gasteiger partial charge in [-0.1, -0.05) is 12.1 Å². The van der Waals surface area contributed by atoms with Crippen LogP contribution in [0.15, 0.2) is 67.0 Å². The molecule has 0 fully saturated rings. The molecule has 0 saturated carbocycles. The molecule has 31 heavy (non-hydrogen) atoms. The van der Waals surface area contributed by atoms with E-state index in [4.69, 9.17) is 14.2 Å². The summed E-state index contributed by atoms with van der Waals surface area (Å²) in [5.74, 6) is 1.51. The monoisotopic (exact) mass is 417 g/mol. The van der Waals surface area contributed by atoms with E-state index in [-0.39, 0.29) is 5.91 Å². The number of carbonyl (C=O) groups excluding carboxylic acids is 1. The molecule has 2 heterocycles. The van der Waals surface area contributed by atoms with E-state index in [1.54, 1.807) is 38.5 Å². The number of benzene rings is 2. The first-order chi connectivity index (χ1) is 15.1. The van der Waals surface area contributed by atoms with E-state index in [9.17, 15) is 4.79 Å². The molecule has 1 N–H and O–H groups in total. The van der Waals surface area contributed by atoms with Crippen LogP contribution in [0.2, 0.25) is 0 Å². The van der Waals surface area contributed by atoms with Gasteiger partial charge in [0.2, 0.25) is 0 Å². The minimum atomic E-state index is -0.242. The fraction of sp³-hybridized carbons (Fsp3) is 0.167. The first kappa shape index (κ1) is 20.3. The first-order valence-corrected chi connectivity index (χ1v) is 9.77. The molecule has 0 spiro atoms. The summed E-state index contributed by atoms with van der Waals surface area (Å²) in [4.78, 5) is 17.3. The van der Waals surface area contributed by atoms with Gasteiger partial charge in [-0.25, -0.2) is 4.98 Å². The summed E-state index contributed by atoms with van der Waals surface area (Å²) in [6, 6.07) is 16.4. The Morgan fingerprint density at radius 1 is 1.03 bits per heavy atom.